The lowest BCUT2D eigenvalue weighted by Gasteiger charge is -2.06. The summed E-state index contributed by atoms with van der Waals surface area (Å²) in [4.78, 5) is 12.4. The highest BCUT2D eigenvalue weighted by atomic mass is 32.2. The van der Waals surface area contributed by atoms with Gasteiger partial charge in [-0.3, -0.25) is 9.48 Å². The minimum Gasteiger partial charge on any atom is -0.323 e. The molecule has 0 unspecified atom stereocenters. The molecule has 0 bridgehead atoms. The maximum Gasteiger partial charge on any atom is 0.248 e. The fourth-order valence-electron chi connectivity index (χ4n) is 2.72. The van der Waals surface area contributed by atoms with Gasteiger partial charge in [0.2, 0.25) is 15.9 Å². The van der Waals surface area contributed by atoms with Gasteiger partial charge >= 0.3 is 0 Å². The van der Waals surface area contributed by atoms with Crippen molar-refractivity contribution >= 4 is 27.7 Å². The lowest BCUT2D eigenvalue weighted by molar-refractivity contribution is -0.111. The quantitative estimate of drug-likeness (QED) is 0.559. The fraction of sp³-hybridized carbons (Fsp3) is 0.143. The number of aromatic nitrogens is 2. The smallest absolute Gasteiger partial charge is 0.248 e. The number of hydrogen-bond donors (Lipinski definition) is 2. The molecule has 3 rings (SSSR count). The largest absolute Gasteiger partial charge is 0.323 e. The standard InChI is InChI=1S/C21H22N4O3S/c1-2-23-29(27,28)20-10-7-17(8-11-20)9-12-21(26)24-19-6-3-5-18(15-19)16-25-14-4-13-22-25/h3-15,23H,2,16H2,1H3,(H,24,26)/b12-9+. The third-order valence-electron chi connectivity index (χ3n) is 4.05. The lowest BCUT2D eigenvalue weighted by Crippen LogP contribution is -2.22. The predicted molar refractivity (Wildman–Crippen MR) is 113 cm³/mol. The SMILES string of the molecule is CCNS(=O)(=O)c1ccc(/C=C/C(=O)Nc2cccc(Cn3cccn3)c2)cc1. The highest BCUT2D eigenvalue weighted by Gasteiger charge is 2.11. The summed E-state index contributed by atoms with van der Waals surface area (Å²) >= 11 is 0. The van der Waals surface area contributed by atoms with Gasteiger partial charge in [0.15, 0.2) is 0 Å². The average Bonchev–Trinajstić information content (AvgIpc) is 3.20. The number of carbonyl (C=O) groups excluding carboxylic acids is 1. The van der Waals surface area contributed by atoms with Gasteiger partial charge in [0.25, 0.3) is 0 Å². The molecule has 0 aliphatic carbocycles. The van der Waals surface area contributed by atoms with E-state index < -0.39 is 10.0 Å². The van der Waals surface area contributed by atoms with Crippen molar-refractivity contribution < 1.29 is 13.2 Å². The number of sulfonamides is 1. The Morgan fingerprint density at radius 3 is 2.62 bits per heavy atom. The molecule has 1 amide bonds. The summed E-state index contributed by atoms with van der Waals surface area (Å²) in [5, 5.41) is 7.00. The van der Waals surface area contributed by atoms with Crippen LogP contribution in [0.5, 0.6) is 0 Å². The molecule has 29 heavy (non-hydrogen) atoms. The van der Waals surface area contributed by atoms with Crippen LogP contribution in [0.15, 0.2) is 78.0 Å². The number of anilines is 1. The Hall–Kier alpha value is -3.23. The van der Waals surface area contributed by atoms with E-state index in [0.29, 0.717) is 18.8 Å². The maximum absolute atomic E-state index is 12.2. The van der Waals surface area contributed by atoms with Crippen LogP contribution in [-0.4, -0.2) is 30.7 Å². The summed E-state index contributed by atoms with van der Waals surface area (Å²) in [5.41, 5.74) is 2.44. The second-order valence-electron chi connectivity index (χ2n) is 6.30. The van der Waals surface area contributed by atoms with Crippen LogP contribution in [0.2, 0.25) is 0 Å². The van der Waals surface area contributed by atoms with Gasteiger partial charge in [0.05, 0.1) is 11.4 Å². The topological polar surface area (TPSA) is 93.1 Å². The van der Waals surface area contributed by atoms with Crippen molar-refractivity contribution in [2.24, 2.45) is 0 Å². The molecule has 3 aromatic rings. The monoisotopic (exact) mass is 410 g/mol. The molecule has 0 fully saturated rings. The minimum absolute atomic E-state index is 0.190. The number of benzene rings is 2. The van der Waals surface area contributed by atoms with Crippen molar-refractivity contribution in [3.63, 3.8) is 0 Å². The van der Waals surface area contributed by atoms with Crippen LogP contribution in [0, 0.1) is 0 Å². The summed E-state index contributed by atoms with van der Waals surface area (Å²) < 4.78 is 28.1. The van der Waals surface area contributed by atoms with E-state index >= 15 is 0 Å². The molecule has 0 atom stereocenters. The Bertz CT molecular complexity index is 1090. The first-order chi connectivity index (χ1) is 14.0. The van der Waals surface area contributed by atoms with Crippen molar-refractivity contribution in [3.05, 3.63) is 84.2 Å². The van der Waals surface area contributed by atoms with E-state index in [1.54, 1.807) is 36.0 Å². The van der Waals surface area contributed by atoms with Gasteiger partial charge in [-0.2, -0.15) is 5.10 Å². The second-order valence-corrected chi connectivity index (χ2v) is 8.06. The van der Waals surface area contributed by atoms with Crippen LogP contribution in [0.4, 0.5) is 5.69 Å². The summed E-state index contributed by atoms with van der Waals surface area (Å²) in [6.45, 7) is 2.67. The molecule has 0 aliphatic heterocycles. The van der Waals surface area contributed by atoms with Crippen molar-refractivity contribution in [3.8, 4) is 0 Å². The third-order valence-corrected chi connectivity index (χ3v) is 5.61. The van der Waals surface area contributed by atoms with E-state index in [9.17, 15) is 13.2 Å². The molecule has 0 aliphatic rings. The molecule has 0 saturated heterocycles. The van der Waals surface area contributed by atoms with Crippen LogP contribution in [-0.2, 0) is 21.4 Å². The Morgan fingerprint density at radius 2 is 1.93 bits per heavy atom. The van der Waals surface area contributed by atoms with Crippen LogP contribution in [0.3, 0.4) is 0 Å². The second kappa shape index (κ2) is 9.31. The van der Waals surface area contributed by atoms with Crippen LogP contribution in [0.25, 0.3) is 6.08 Å². The molecule has 1 aromatic heterocycles. The van der Waals surface area contributed by atoms with Gasteiger partial charge in [-0.15, -0.1) is 0 Å². The molecule has 8 heteroatoms. The molecular weight excluding hydrogens is 388 g/mol. The van der Waals surface area contributed by atoms with Crippen LogP contribution in [0.1, 0.15) is 18.1 Å². The number of rotatable bonds is 8. The number of nitrogens with one attached hydrogen (secondary N) is 2. The molecule has 150 valence electrons. The first kappa shape index (κ1) is 20.5. The van der Waals surface area contributed by atoms with Crippen molar-refractivity contribution in [1.82, 2.24) is 14.5 Å². The highest BCUT2D eigenvalue weighted by molar-refractivity contribution is 7.89. The van der Waals surface area contributed by atoms with E-state index in [-0.39, 0.29) is 10.8 Å². The fourth-order valence-corrected chi connectivity index (χ4v) is 3.76. The van der Waals surface area contributed by atoms with Crippen molar-refractivity contribution in [1.29, 1.82) is 0 Å². The van der Waals surface area contributed by atoms with Gasteiger partial charge in [0.1, 0.15) is 0 Å². The summed E-state index contributed by atoms with van der Waals surface area (Å²) in [5.74, 6) is -0.273. The summed E-state index contributed by atoms with van der Waals surface area (Å²) in [7, 11) is -3.48. The van der Waals surface area contributed by atoms with Gasteiger partial charge < -0.3 is 5.32 Å². The van der Waals surface area contributed by atoms with Crippen LogP contribution < -0.4 is 10.0 Å². The molecule has 7 nitrogen and oxygen atoms in total. The number of amides is 1. The molecule has 0 saturated carbocycles. The summed E-state index contributed by atoms with van der Waals surface area (Å²) in [6, 6.07) is 15.7. The maximum atomic E-state index is 12.2. The molecule has 1 heterocycles. The minimum atomic E-state index is -3.48. The lowest BCUT2D eigenvalue weighted by atomic mass is 10.2. The van der Waals surface area contributed by atoms with E-state index in [2.05, 4.69) is 15.1 Å². The molecular formula is C21H22N4O3S. The van der Waals surface area contributed by atoms with Gasteiger partial charge in [-0.1, -0.05) is 31.2 Å². The van der Waals surface area contributed by atoms with E-state index in [1.807, 2.05) is 36.5 Å². The Balaban J connectivity index is 1.61. The summed E-state index contributed by atoms with van der Waals surface area (Å²) in [6.07, 6.45) is 6.64. The normalized spacial score (nSPS) is 11.6. The van der Waals surface area contributed by atoms with E-state index in [1.165, 1.54) is 18.2 Å². The van der Waals surface area contributed by atoms with Crippen molar-refractivity contribution in [2.45, 2.75) is 18.4 Å². The number of hydrogen-bond acceptors (Lipinski definition) is 4. The van der Waals surface area contributed by atoms with Crippen LogP contribution >= 0.6 is 0 Å². The highest BCUT2D eigenvalue weighted by Crippen LogP contribution is 2.13. The Kier molecular flexibility index (Phi) is 6.58. The molecule has 2 N–H and O–H groups in total. The average molecular weight is 410 g/mol. The zero-order valence-corrected chi connectivity index (χ0v) is 16.8. The molecule has 0 spiro atoms. The zero-order chi connectivity index (χ0) is 20.7. The Morgan fingerprint density at radius 1 is 1.14 bits per heavy atom. The van der Waals surface area contributed by atoms with Gasteiger partial charge in [-0.05, 0) is 47.5 Å². The first-order valence-electron chi connectivity index (χ1n) is 9.11. The Labute approximate surface area is 170 Å². The first-order valence-corrected chi connectivity index (χ1v) is 10.6. The predicted octanol–water partition coefficient (Wildman–Crippen LogP) is 2.88. The third kappa shape index (κ3) is 5.87. The van der Waals surface area contributed by atoms with Gasteiger partial charge in [-0.25, -0.2) is 13.1 Å². The van der Waals surface area contributed by atoms with E-state index in [0.717, 1.165) is 11.1 Å². The number of carbonyl (C=O) groups is 1. The molecule has 2 aromatic carbocycles. The van der Waals surface area contributed by atoms with E-state index in [4.69, 9.17) is 0 Å². The van der Waals surface area contributed by atoms with Crippen molar-refractivity contribution in [2.75, 3.05) is 11.9 Å². The molecule has 0 radical (unpaired) electrons. The zero-order valence-electron chi connectivity index (χ0n) is 15.9. The van der Waals surface area contributed by atoms with Gasteiger partial charge in [0, 0.05) is 30.7 Å². The number of nitrogens with zero attached hydrogens (tertiary/aromatic N) is 2.